The summed E-state index contributed by atoms with van der Waals surface area (Å²) in [6, 6.07) is 0. The lowest BCUT2D eigenvalue weighted by molar-refractivity contribution is -0.188. The van der Waals surface area contributed by atoms with Crippen molar-refractivity contribution >= 4 is 0 Å². The van der Waals surface area contributed by atoms with Crippen LogP contribution in [-0.2, 0) is 33.2 Å². The highest BCUT2D eigenvalue weighted by atomic mass is 16.8. The summed E-state index contributed by atoms with van der Waals surface area (Å²) in [5.41, 5.74) is 0. The molecule has 2 unspecified atom stereocenters. The van der Waals surface area contributed by atoms with E-state index in [1.54, 1.807) is 14.2 Å². The van der Waals surface area contributed by atoms with Crippen LogP contribution in [0.2, 0.25) is 0 Å². The Morgan fingerprint density at radius 3 is 0.895 bits per heavy atom. The standard InChI is InChI=1S/C50H98O7/c1-7-11-35-43-53-49(54-44-36-12-8-2)41-33-29-25-21-17-15-19-23-27-31-39-47(51-5)57-48(52-6)40-32-28-24-20-16-18-22-26-30-34-42-50(55-45-37-13-9-3)56-46-38-14-10-4/h31-32,39-40,47-50H,7-30,33-38,41-46H2,1-6H3. The topological polar surface area (TPSA) is 64.6 Å². The number of unbranched alkanes of at least 4 members (excludes halogenated alkanes) is 24. The molecular weight excluding hydrogens is 713 g/mol. The minimum Gasteiger partial charge on any atom is -0.353 e. The van der Waals surface area contributed by atoms with Gasteiger partial charge in [0.1, 0.15) is 0 Å². The molecule has 0 aliphatic heterocycles. The highest BCUT2D eigenvalue weighted by Crippen LogP contribution is 2.17. The van der Waals surface area contributed by atoms with Crippen LogP contribution < -0.4 is 0 Å². The molecule has 7 nitrogen and oxygen atoms in total. The molecule has 0 amide bonds. The Morgan fingerprint density at radius 1 is 0.333 bits per heavy atom. The maximum Gasteiger partial charge on any atom is 0.179 e. The lowest BCUT2D eigenvalue weighted by Gasteiger charge is -2.18. The summed E-state index contributed by atoms with van der Waals surface area (Å²) in [5.74, 6) is 0. The Hall–Kier alpha value is -0.800. The fraction of sp³-hybridized carbons (Fsp3) is 0.920. The Kier molecular flexibility index (Phi) is 47.2. The predicted molar refractivity (Wildman–Crippen MR) is 243 cm³/mol. The Bertz CT molecular complexity index is 718. The minimum atomic E-state index is -0.398. The fourth-order valence-electron chi connectivity index (χ4n) is 6.87. The molecule has 0 radical (unpaired) electrons. The van der Waals surface area contributed by atoms with Crippen molar-refractivity contribution in [3.63, 3.8) is 0 Å². The smallest absolute Gasteiger partial charge is 0.179 e. The van der Waals surface area contributed by atoms with E-state index >= 15 is 0 Å². The minimum absolute atomic E-state index is 0.00537. The number of ether oxygens (including phenoxy) is 7. The first-order valence-electron chi connectivity index (χ1n) is 24.7. The van der Waals surface area contributed by atoms with Gasteiger partial charge in [-0.25, -0.2) is 0 Å². The average Bonchev–Trinajstić information content (AvgIpc) is 3.22. The van der Waals surface area contributed by atoms with Crippen LogP contribution in [0.3, 0.4) is 0 Å². The number of hydrogen-bond acceptors (Lipinski definition) is 7. The van der Waals surface area contributed by atoms with E-state index in [-0.39, 0.29) is 12.6 Å². The lowest BCUT2D eigenvalue weighted by atomic mass is 10.1. The zero-order chi connectivity index (χ0) is 41.5. The first kappa shape index (κ1) is 56.2. The van der Waals surface area contributed by atoms with Crippen LogP contribution in [0.25, 0.3) is 0 Å². The maximum atomic E-state index is 6.07. The molecule has 0 fully saturated rings. The molecule has 0 heterocycles. The molecule has 0 aromatic carbocycles. The molecule has 0 aliphatic rings. The number of methoxy groups -OCH3 is 2. The fourth-order valence-corrected chi connectivity index (χ4v) is 6.87. The van der Waals surface area contributed by atoms with E-state index in [0.717, 1.165) is 77.8 Å². The number of allylic oxidation sites excluding steroid dienone is 2. The third kappa shape index (κ3) is 41.7. The summed E-state index contributed by atoms with van der Waals surface area (Å²) in [5, 5.41) is 0. The third-order valence-corrected chi connectivity index (χ3v) is 10.6. The third-order valence-electron chi connectivity index (χ3n) is 10.6. The Balaban J connectivity index is 3.94. The van der Waals surface area contributed by atoms with Gasteiger partial charge in [-0.2, -0.15) is 0 Å². The Labute approximate surface area is 355 Å². The molecular formula is C50H98O7. The van der Waals surface area contributed by atoms with Crippen LogP contribution in [0.15, 0.2) is 24.3 Å². The van der Waals surface area contributed by atoms with Gasteiger partial charge in [0.2, 0.25) is 0 Å². The van der Waals surface area contributed by atoms with Crippen LogP contribution in [0, 0.1) is 0 Å². The van der Waals surface area contributed by atoms with E-state index in [0.29, 0.717) is 0 Å². The quantitative estimate of drug-likeness (QED) is 0.0344. The summed E-state index contributed by atoms with van der Waals surface area (Å²) in [6.45, 7) is 12.3. The van der Waals surface area contributed by atoms with E-state index in [4.69, 9.17) is 33.2 Å². The normalized spacial score (nSPS) is 13.3. The molecule has 0 saturated carbocycles. The van der Waals surface area contributed by atoms with Gasteiger partial charge in [-0.05, 0) is 89.2 Å². The van der Waals surface area contributed by atoms with Crippen molar-refractivity contribution in [3.8, 4) is 0 Å². The average molecular weight is 811 g/mol. The molecule has 0 N–H and O–H groups in total. The summed E-state index contributed by atoms with van der Waals surface area (Å²) in [6.07, 6.45) is 46.7. The molecule has 0 aromatic heterocycles. The van der Waals surface area contributed by atoms with Crippen molar-refractivity contribution in [1.82, 2.24) is 0 Å². The lowest BCUT2D eigenvalue weighted by Crippen LogP contribution is -2.22. The van der Waals surface area contributed by atoms with E-state index in [1.807, 2.05) is 12.2 Å². The molecule has 0 aromatic rings. The molecule has 7 heteroatoms. The monoisotopic (exact) mass is 811 g/mol. The van der Waals surface area contributed by atoms with Crippen LogP contribution in [0.4, 0.5) is 0 Å². The van der Waals surface area contributed by atoms with Crippen molar-refractivity contribution in [1.29, 1.82) is 0 Å². The highest BCUT2D eigenvalue weighted by molar-refractivity contribution is 4.89. The second kappa shape index (κ2) is 47.9. The van der Waals surface area contributed by atoms with Crippen molar-refractivity contribution in [2.45, 2.75) is 258 Å². The number of hydrogen-bond donors (Lipinski definition) is 0. The van der Waals surface area contributed by atoms with Gasteiger partial charge < -0.3 is 33.2 Å². The van der Waals surface area contributed by atoms with Crippen LogP contribution >= 0.6 is 0 Å². The number of rotatable bonds is 48. The summed E-state index contributed by atoms with van der Waals surface area (Å²) in [4.78, 5) is 0. The first-order chi connectivity index (χ1) is 28.1. The zero-order valence-electron chi connectivity index (χ0n) is 38.9. The molecule has 0 aliphatic carbocycles. The van der Waals surface area contributed by atoms with E-state index in [9.17, 15) is 0 Å². The van der Waals surface area contributed by atoms with Gasteiger partial charge in [0.15, 0.2) is 25.2 Å². The molecule has 0 rings (SSSR count). The van der Waals surface area contributed by atoms with Crippen molar-refractivity contribution in [3.05, 3.63) is 24.3 Å². The van der Waals surface area contributed by atoms with Crippen molar-refractivity contribution < 1.29 is 33.2 Å². The summed E-state index contributed by atoms with van der Waals surface area (Å²) < 4.78 is 41.4. The predicted octanol–water partition coefficient (Wildman–Crippen LogP) is 15.3. The molecule has 0 saturated heterocycles. The summed E-state index contributed by atoms with van der Waals surface area (Å²) in [7, 11) is 3.38. The first-order valence-corrected chi connectivity index (χ1v) is 24.7. The van der Waals surface area contributed by atoms with Gasteiger partial charge in [-0.15, -0.1) is 0 Å². The van der Waals surface area contributed by atoms with Crippen LogP contribution in [0.5, 0.6) is 0 Å². The van der Waals surface area contributed by atoms with Gasteiger partial charge in [0, 0.05) is 40.6 Å². The van der Waals surface area contributed by atoms with Crippen molar-refractivity contribution in [2.24, 2.45) is 0 Å². The van der Waals surface area contributed by atoms with Gasteiger partial charge in [-0.3, -0.25) is 0 Å². The van der Waals surface area contributed by atoms with E-state index in [2.05, 4.69) is 39.8 Å². The molecule has 340 valence electrons. The van der Waals surface area contributed by atoms with Gasteiger partial charge in [0.05, 0.1) is 0 Å². The summed E-state index contributed by atoms with van der Waals surface area (Å²) >= 11 is 0. The SMILES string of the molecule is CCCCCOC(CCCCCCCCCCC=CC(OC)OC(C=CCCCCCCCCCCC(OCCCCC)OCCCCC)OC)OCCCCC. The molecule has 57 heavy (non-hydrogen) atoms. The van der Waals surface area contributed by atoms with Crippen molar-refractivity contribution in [2.75, 3.05) is 40.6 Å². The van der Waals surface area contributed by atoms with Crippen LogP contribution in [-0.4, -0.2) is 65.8 Å². The molecule has 2 atom stereocenters. The second-order valence-corrected chi connectivity index (χ2v) is 16.2. The molecule has 0 spiro atoms. The van der Waals surface area contributed by atoms with E-state index in [1.165, 1.54) is 154 Å². The molecule has 0 bridgehead atoms. The van der Waals surface area contributed by atoms with Gasteiger partial charge >= 0.3 is 0 Å². The van der Waals surface area contributed by atoms with Gasteiger partial charge in [0.25, 0.3) is 0 Å². The second-order valence-electron chi connectivity index (χ2n) is 16.2. The Morgan fingerprint density at radius 2 is 0.614 bits per heavy atom. The maximum absolute atomic E-state index is 6.07. The highest BCUT2D eigenvalue weighted by Gasteiger charge is 2.12. The zero-order valence-corrected chi connectivity index (χ0v) is 38.9. The largest absolute Gasteiger partial charge is 0.353 e. The van der Waals surface area contributed by atoms with E-state index < -0.39 is 12.6 Å². The van der Waals surface area contributed by atoms with Gasteiger partial charge in [-0.1, -0.05) is 168 Å². The van der Waals surface area contributed by atoms with Crippen LogP contribution in [0.1, 0.15) is 233 Å².